The summed E-state index contributed by atoms with van der Waals surface area (Å²) in [5.41, 5.74) is 3.77. The van der Waals surface area contributed by atoms with E-state index in [1.807, 2.05) is 18.2 Å². The van der Waals surface area contributed by atoms with Gasteiger partial charge in [-0.1, -0.05) is 6.07 Å². The molecule has 0 spiro atoms. The molecule has 1 atom stereocenters. The third kappa shape index (κ3) is 3.89. The van der Waals surface area contributed by atoms with Gasteiger partial charge in [-0.15, -0.1) is 0 Å². The lowest BCUT2D eigenvalue weighted by Crippen LogP contribution is -2.45. The fourth-order valence-electron chi connectivity index (χ4n) is 5.29. The van der Waals surface area contributed by atoms with Crippen LogP contribution in [-0.2, 0) is 9.84 Å². The van der Waals surface area contributed by atoms with Crippen LogP contribution in [0.1, 0.15) is 53.9 Å². The van der Waals surface area contributed by atoms with Gasteiger partial charge in [0.1, 0.15) is 0 Å². The van der Waals surface area contributed by atoms with Crippen LogP contribution in [0.2, 0.25) is 0 Å². The van der Waals surface area contributed by atoms with Gasteiger partial charge in [-0.2, -0.15) is 0 Å². The molecule has 0 aromatic heterocycles. The normalized spacial score (nSPS) is 23.5. The quantitative estimate of drug-likeness (QED) is 0.678. The highest BCUT2D eigenvalue weighted by Gasteiger charge is 2.41. The molecule has 0 aliphatic carbocycles. The van der Waals surface area contributed by atoms with Crippen molar-refractivity contribution >= 4 is 15.5 Å². The van der Waals surface area contributed by atoms with Crippen molar-refractivity contribution < 1.29 is 8.42 Å². The maximum absolute atomic E-state index is 12.6. The van der Waals surface area contributed by atoms with Gasteiger partial charge in [0.2, 0.25) is 0 Å². The van der Waals surface area contributed by atoms with E-state index in [4.69, 9.17) is 0 Å². The van der Waals surface area contributed by atoms with E-state index in [-0.39, 0.29) is 0 Å². The molecule has 1 unspecified atom stereocenters. The predicted molar refractivity (Wildman–Crippen MR) is 123 cm³/mol. The first-order chi connectivity index (χ1) is 14.2. The molecule has 0 saturated carbocycles. The second-order valence-corrected chi connectivity index (χ2v) is 12.3. The molecule has 3 aliphatic rings. The van der Waals surface area contributed by atoms with Gasteiger partial charge < -0.3 is 14.7 Å². The first-order valence-corrected chi connectivity index (χ1v) is 13.0. The lowest BCUT2D eigenvalue weighted by Gasteiger charge is -2.40. The van der Waals surface area contributed by atoms with Gasteiger partial charge in [0.05, 0.1) is 16.2 Å². The Bertz CT molecular complexity index is 914. The summed E-state index contributed by atoms with van der Waals surface area (Å²) in [7, 11) is -3.25. The Balaban J connectivity index is 1.47. The molecule has 3 aliphatic heterocycles. The van der Waals surface area contributed by atoms with Crippen LogP contribution < -0.4 is 4.90 Å². The van der Waals surface area contributed by atoms with Crippen LogP contribution in [0.15, 0.2) is 40.6 Å². The summed E-state index contributed by atoms with van der Waals surface area (Å²) in [6.45, 7) is 14.9. The van der Waals surface area contributed by atoms with Crippen LogP contribution in [-0.4, -0.2) is 61.7 Å². The van der Waals surface area contributed by atoms with Gasteiger partial charge in [0, 0.05) is 42.6 Å². The van der Waals surface area contributed by atoms with Gasteiger partial charge in [-0.25, -0.2) is 8.42 Å². The topological polar surface area (TPSA) is 43.9 Å². The van der Waals surface area contributed by atoms with Crippen molar-refractivity contribution in [3.05, 3.63) is 35.7 Å². The van der Waals surface area contributed by atoms with E-state index in [1.54, 1.807) is 19.9 Å². The second kappa shape index (κ2) is 8.19. The fourth-order valence-corrected chi connectivity index (χ4v) is 6.39. The van der Waals surface area contributed by atoms with Crippen molar-refractivity contribution in [3.8, 4) is 0 Å². The molecule has 1 aromatic rings. The number of sulfone groups is 1. The molecule has 166 valence electrons. The lowest BCUT2D eigenvalue weighted by molar-refractivity contribution is 0.124. The number of piperidine rings is 1. The van der Waals surface area contributed by atoms with E-state index >= 15 is 0 Å². The molecule has 2 saturated heterocycles. The minimum atomic E-state index is -3.25. The van der Waals surface area contributed by atoms with Gasteiger partial charge in [0.15, 0.2) is 9.84 Å². The number of rotatable bonds is 6. The zero-order valence-electron chi connectivity index (χ0n) is 19.1. The standard InChI is InChI=1S/C24H37N3O2S/c1-17(2)25-11-9-20(10-12-25)15-26-19(5)24-14-22(26)16-27(24)21-7-6-8-23(13-21)30(28,29)18(3)4/h6-8,13,17-18,20,22H,9-12,14-16H2,1-5H3. The maximum Gasteiger partial charge on any atom is 0.180 e. The van der Waals surface area contributed by atoms with Crippen LogP contribution in [0, 0.1) is 5.92 Å². The summed E-state index contributed by atoms with van der Waals surface area (Å²) in [6, 6.07) is 8.70. The highest BCUT2D eigenvalue weighted by Crippen LogP contribution is 2.42. The Kier molecular flexibility index (Phi) is 5.92. The molecule has 5 nitrogen and oxygen atoms in total. The second-order valence-electron chi connectivity index (χ2n) is 9.82. The number of benzene rings is 1. The molecular weight excluding hydrogens is 394 g/mol. The zero-order valence-corrected chi connectivity index (χ0v) is 20.0. The van der Waals surface area contributed by atoms with Crippen LogP contribution in [0.5, 0.6) is 0 Å². The number of fused-ring (bicyclic) bond motifs is 2. The summed E-state index contributed by atoms with van der Waals surface area (Å²) < 4.78 is 25.2. The molecule has 2 bridgehead atoms. The largest absolute Gasteiger partial charge is 0.368 e. The van der Waals surface area contributed by atoms with Crippen molar-refractivity contribution in [1.29, 1.82) is 0 Å². The van der Waals surface area contributed by atoms with Crippen LogP contribution in [0.4, 0.5) is 5.69 Å². The molecule has 0 N–H and O–H groups in total. The molecule has 2 fully saturated rings. The number of allylic oxidation sites excluding steroid dienone is 1. The predicted octanol–water partition coefficient (Wildman–Crippen LogP) is 4.11. The van der Waals surface area contributed by atoms with Crippen molar-refractivity contribution in [2.24, 2.45) is 5.92 Å². The van der Waals surface area contributed by atoms with E-state index in [0.717, 1.165) is 24.6 Å². The number of anilines is 1. The van der Waals surface area contributed by atoms with Crippen LogP contribution in [0.3, 0.4) is 0 Å². The fraction of sp³-hybridized carbons (Fsp3) is 0.667. The van der Waals surface area contributed by atoms with Crippen LogP contribution in [0.25, 0.3) is 0 Å². The average Bonchev–Trinajstić information content (AvgIpc) is 3.28. The van der Waals surface area contributed by atoms with Crippen molar-refractivity contribution in [3.63, 3.8) is 0 Å². The molecule has 0 amide bonds. The molecule has 3 heterocycles. The van der Waals surface area contributed by atoms with Gasteiger partial charge in [-0.05, 0) is 84.7 Å². The van der Waals surface area contributed by atoms with Crippen molar-refractivity contribution in [1.82, 2.24) is 9.80 Å². The summed E-state index contributed by atoms with van der Waals surface area (Å²) in [5, 5.41) is -0.402. The number of hydrogen-bond donors (Lipinski definition) is 0. The SMILES string of the molecule is CC1=C2CC(CN2c2cccc(S(=O)(=O)C(C)C)c2)N1CC1CCN(C(C)C)CC1. The third-order valence-electron chi connectivity index (χ3n) is 7.35. The van der Waals surface area contributed by atoms with Gasteiger partial charge in [-0.3, -0.25) is 0 Å². The van der Waals surface area contributed by atoms with E-state index in [1.165, 1.54) is 43.9 Å². The minimum absolute atomic E-state index is 0.402. The molecule has 30 heavy (non-hydrogen) atoms. The first kappa shape index (κ1) is 21.7. The Morgan fingerprint density at radius 3 is 2.40 bits per heavy atom. The molecule has 1 aromatic carbocycles. The minimum Gasteiger partial charge on any atom is -0.368 e. The van der Waals surface area contributed by atoms with Crippen LogP contribution >= 0.6 is 0 Å². The van der Waals surface area contributed by atoms with Crippen molar-refractivity contribution in [2.75, 3.05) is 31.1 Å². The maximum atomic E-state index is 12.6. The summed E-state index contributed by atoms with van der Waals surface area (Å²) >= 11 is 0. The Labute approximate surface area is 182 Å². The number of hydrogen-bond acceptors (Lipinski definition) is 5. The van der Waals surface area contributed by atoms with E-state index in [0.29, 0.717) is 17.0 Å². The number of likely N-dealkylation sites (tertiary alicyclic amines) is 1. The lowest BCUT2D eigenvalue weighted by atomic mass is 9.95. The van der Waals surface area contributed by atoms with E-state index in [2.05, 4.69) is 35.5 Å². The van der Waals surface area contributed by atoms with Gasteiger partial charge in [0.25, 0.3) is 0 Å². The molecule has 4 rings (SSSR count). The highest BCUT2D eigenvalue weighted by atomic mass is 32.2. The summed E-state index contributed by atoms with van der Waals surface area (Å²) in [4.78, 5) is 8.01. The summed E-state index contributed by atoms with van der Waals surface area (Å²) in [5.74, 6) is 0.780. The smallest absolute Gasteiger partial charge is 0.180 e. The summed E-state index contributed by atoms with van der Waals surface area (Å²) in [6.07, 6.45) is 3.67. The molecular formula is C24H37N3O2S. The van der Waals surface area contributed by atoms with E-state index in [9.17, 15) is 8.42 Å². The number of nitrogens with zero attached hydrogens (tertiary/aromatic N) is 3. The van der Waals surface area contributed by atoms with Crippen molar-refractivity contribution in [2.45, 2.75) is 76.1 Å². The molecule has 6 heteroatoms. The Hall–Kier alpha value is -1.53. The highest BCUT2D eigenvalue weighted by molar-refractivity contribution is 7.92. The van der Waals surface area contributed by atoms with Gasteiger partial charge >= 0.3 is 0 Å². The Morgan fingerprint density at radius 2 is 1.80 bits per heavy atom. The average molecular weight is 432 g/mol. The van der Waals surface area contributed by atoms with E-state index < -0.39 is 15.1 Å². The Morgan fingerprint density at radius 1 is 1.10 bits per heavy atom. The first-order valence-electron chi connectivity index (χ1n) is 11.5. The zero-order chi connectivity index (χ0) is 21.6. The third-order valence-corrected chi connectivity index (χ3v) is 9.50. The monoisotopic (exact) mass is 431 g/mol. The molecule has 0 radical (unpaired) electrons.